The van der Waals surface area contributed by atoms with Gasteiger partial charge in [-0.2, -0.15) is 0 Å². The van der Waals surface area contributed by atoms with Gasteiger partial charge in [0.15, 0.2) is 0 Å². The Labute approximate surface area is 90.2 Å². The summed E-state index contributed by atoms with van der Waals surface area (Å²) in [6.45, 7) is 4.75. The van der Waals surface area contributed by atoms with Gasteiger partial charge in [-0.25, -0.2) is 4.39 Å². The fraction of sp³-hybridized carbons (Fsp3) is 0.500. The van der Waals surface area contributed by atoms with E-state index in [4.69, 9.17) is 10.5 Å². The summed E-state index contributed by atoms with van der Waals surface area (Å²) in [7, 11) is 1.55. The van der Waals surface area contributed by atoms with Crippen molar-refractivity contribution in [1.82, 2.24) is 0 Å². The summed E-state index contributed by atoms with van der Waals surface area (Å²) >= 11 is 0. The van der Waals surface area contributed by atoms with Gasteiger partial charge < -0.3 is 10.5 Å². The minimum atomic E-state index is -0.277. The van der Waals surface area contributed by atoms with Gasteiger partial charge in [0, 0.05) is 6.07 Å². The van der Waals surface area contributed by atoms with Crippen LogP contribution in [0.15, 0.2) is 18.2 Å². The molecule has 0 aromatic heterocycles. The molecule has 0 aliphatic heterocycles. The maximum absolute atomic E-state index is 12.9. The highest BCUT2D eigenvalue weighted by molar-refractivity contribution is 5.34. The smallest absolute Gasteiger partial charge is 0.126 e. The van der Waals surface area contributed by atoms with E-state index in [9.17, 15) is 4.39 Å². The van der Waals surface area contributed by atoms with E-state index in [1.165, 1.54) is 12.1 Å². The Morgan fingerprint density at radius 2 is 2.07 bits per heavy atom. The van der Waals surface area contributed by atoms with Crippen molar-refractivity contribution in [2.75, 3.05) is 13.7 Å². The largest absolute Gasteiger partial charge is 0.496 e. The van der Waals surface area contributed by atoms with Gasteiger partial charge in [0.25, 0.3) is 0 Å². The van der Waals surface area contributed by atoms with Crippen molar-refractivity contribution in [2.45, 2.75) is 20.3 Å². The van der Waals surface area contributed by atoms with E-state index in [0.717, 1.165) is 12.0 Å². The van der Waals surface area contributed by atoms with Crippen LogP contribution in [0, 0.1) is 11.2 Å². The number of halogens is 1. The van der Waals surface area contributed by atoms with Crippen molar-refractivity contribution in [3.05, 3.63) is 29.6 Å². The molecule has 0 atom stereocenters. The van der Waals surface area contributed by atoms with Gasteiger partial charge in [-0.05, 0) is 30.0 Å². The maximum Gasteiger partial charge on any atom is 0.126 e. The molecule has 2 N–H and O–H groups in total. The summed E-state index contributed by atoms with van der Waals surface area (Å²) in [5, 5.41) is 0. The lowest BCUT2D eigenvalue weighted by atomic mass is 9.85. The number of ether oxygens (including phenoxy) is 1. The third kappa shape index (κ3) is 3.20. The first-order chi connectivity index (χ1) is 6.98. The quantitative estimate of drug-likeness (QED) is 0.829. The first-order valence-electron chi connectivity index (χ1n) is 5.01. The summed E-state index contributed by atoms with van der Waals surface area (Å²) in [5.41, 5.74) is 6.66. The molecule has 2 nitrogen and oxygen atoms in total. The Balaban J connectivity index is 2.94. The minimum Gasteiger partial charge on any atom is -0.496 e. The van der Waals surface area contributed by atoms with E-state index in [2.05, 4.69) is 13.8 Å². The Bertz CT molecular complexity index is 336. The topological polar surface area (TPSA) is 35.2 Å². The molecule has 1 aromatic carbocycles. The Hall–Kier alpha value is -1.09. The number of benzene rings is 1. The molecule has 0 aliphatic carbocycles. The van der Waals surface area contributed by atoms with Crippen LogP contribution < -0.4 is 10.5 Å². The lowest BCUT2D eigenvalue weighted by molar-refractivity contribution is 0.357. The van der Waals surface area contributed by atoms with E-state index >= 15 is 0 Å². The van der Waals surface area contributed by atoms with E-state index in [1.54, 1.807) is 13.2 Å². The highest BCUT2D eigenvalue weighted by Gasteiger charge is 2.18. The molecule has 0 fully saturated rings. The maximum atomic E-state index is 12.9. The zero-order valence-corrected chi connectivity index (χ0v) is 9.51. The van der Waals surface area contributed by atoms with Crippen molar-refractivity contribution in [3.8, 4) is 5.75 Å². The standard InChI is InChI=1S/C12H18FNO/c1-12(2,8-14)7-9-4-5-10(13)6-11(9)15-3/h4-6H,7-8,14H2,1-3H3. The Morgan fingerprint density at radius 1 is 1.40 bits per heavy atom. The number of hydrogen-bond acceptors (Lipinski definition) is 2. The lowest BCUT2D eigenvalue weighted by Crippen LogP contribution is -2.26. The monoisotopic (exact) mass is 211 g/mol. The molecule has 0 aliphatic rings. The van der Waals surface area contributed by atoms with Crippen molar-refractivity contribution >= 4 is 0 Å². The van der Waals surface area contributed by atoms with Crippen molar-refractivity contribution in [2.24, 2.45) is 11.1 Å². The first-order valence-corrected chi connectivity index (χ1v) is 5.01. The van der Waals surface area contributed by atoms with Crippen molar-refractivity contribution < 1.29 is 9.13 Å². The summed E-state index contributed by atoms with van der Waals surface area (Å²) in [4.78, 5) is 0. The molecular weight excluding hydrogens is 193 g/mol. The van der Waals surface area contributed by atoms with Crippen LogP contribution >= 0.6 is 0 Å². The van der Waals surface area contributed by atoms with E-state index < -0.39 is 0 Å². The van der Waals surface area contributed by atoms with Crippen LogP contribution in [-0.4, -0.2) is 13.7 Å². The van der Waals surface area contributed by atoms with Gasteiger partial charge >= 0.3 is 0 Å². The fourth-order valence-electron chi connectivity index (χ4n) is 1.45. The van der Waals surface area contributed by atoms with Crippen LogP contribution in [0.2, 0.25) is 0 Å². The van der Waals surface area contributed by atoms with Gasteiger partial charge in [-0.15, -0.1) is 0 Å². The minimum absolute atomic E-state index is 0.00507. The molecule has 84 valence electrons. The molecular formula is C12H18FNO. The van der Waals surface area contributed by atoms with Gasteiger partial charge in [-0.1, -0.05) is 19.9 Å². The van der Waals surface area contributed by atoms with Gasteiger partial charge in [0.05, 0.1) is 7.11 Å². The predicted molar refractivity (Wildman–Crippen MR) is 59.5 cm³/mol. The van der Waals surface area contributed by atoms with Crippen LogP contribution in [0.25, 0.3) is 0 Å². The molecule has 1 rings (SSSR count). The zero-order valence-electron chi connectivity index (χ0n) is 9.51. The molecule has 3 heteroatoms. The highest BCUT2D eigenvalue weighted by atomic mass is 19.1. The van der Waals surface area contributed by atoms with Crippen LogP contribution in [0.5, 0.6) is 5.75 Å². The molecule has 0 bridgehead atoms. The second kappa shape index (κ2) is 4.62. The van der Waals surface area contributed by atoms with Crippen LogP contribution in [0.1, 0.15) is 19.4 Å². The number of hydrogen-bond donors (Lipinski definition) is 1. The lowest BCUT2D eigenvalue weighted by Gasteiger charge is -2.23. The second-order valence-corrected chi connectivity index (χ2v) is 4.50. The highest BCUT2D eigenvalue weighted by Crippen LogP contribution is 2.27. The Kier molecular flexibility index (Phi) is 3.69. The van der Waals surface area contributed by atoms with Crippen LogP contribution in [0.3, 0.4) is 0 Å². The predicted octanol–water partition coefficient (Wildman–Crippen LogP) is 2.36. The third-order valence-corrected chi connectivity index (χ3v) is 2.47. The van der Waals surface area contributed by atoms with E-state index in [-0.39, 0.29) is 11.2 Å². The summed E-state index contributed by atoms with van der Waals surface area (Å²) in [5.74, 6) is 0.317. The third-order valence-electron chi connectivity index (χ3n) is 2.47. The number of methoxy groups -OCH3 is 1. The van der Waals surface area contributed by atoms with Gasteiger partial charge in [0.1, 0.15) is 11.6 Å². The van der Waals surface area contributed by atoms with Crippen LogP contribution in [0.4, 0.5) is 4.39 Å². The average Bonchev–Trinajstić information content (AvgIpc) is 2.20. The molecule has 0 amide bonds. The SMILES string of the molecule is COc1cc(F)ccc1CC(C)(C)CN. The zero-order chi connectivity index (χ0) is 11.5. The van der Waals surface area contributed by atoms with Crippen molar-refractivity contribution in [1.29, 1.82) is 0 Å². The number of rotatable bonds is 4. The Morgan fingerprint density at radius 3 is 2.60 bits per heavy atom. The molecule has 0 radical (unpaired) electrons. The molecule has 0 saturated carbocycles. The van der Waals surface area contributed by atoms with Crippen LogP contribution in [-0.2, 0) is 6.42 Å². The molecule has 0 saturated heterocycles. The molecule has 0 heterocycles. The second-order valence-electron chi connectivity index (χ2n) is 4.50. The summed E-state index contributed by atoms with van der Waals surface area (Å²) < 4.78 is 18.1. The van der Waals surface area contributed by atoms with Gasteiger partial charge in [-0.3, -0.25) is 0 Å². The molecule has 0 spiro atoms. The van der Waals surface area contributed by atoms with E-state index in [1.807, 2.05) is 0 Å². The van der Waals surface area contributed by atoms with Gasteiger partial charge in [0.2, 0.25) is 0 Å². The first kappa shape index (κ1) is 12.0. The van der Waals surface area contributed by atoms with Crippen molar-refractivity contribution in [3.63, 3.8) is 0 Å². The summed E-state index contributed by atoms with van der Waals surface area (Å²) in [6.07, 6.45) is 0.785. The normalized spacial score (nSPS) is 11.5. The molecule has 0 unspecified atom stereocenters. The molecule has 1 aromatic rings. The number of nitrogens with two attached hydrogens (primary N) is 1. The fourth-order valence-corrected chi connectivity index (χ4v) is 1.45. The summed E-state index contributed by atoms with van der Waals surface area (Å²) in [6, 6.07) is 4.61. The molecule has 15 heavy (non-hydrogen) atoms. The average molecular weight is 211 g/mol. The van der Waals surface area contributed by atoms with E-state index in [0.29, 0.717) is 12.3 Å².